The average Bonchev–Trinajstić information content (AvgIpc) is 3.05. The molecule has 0 aromatic heterocycles. The first kappa shape index (κ1) is 22.5. The van der Waals surface area contributed by atoms with Crippen LogP contribution in [0.4, 0.5) is 9.18 Å². The van der Waals surface area contributed by atoms with Gasteiger partial charge in [-0.1, -0.05) is 56.0 Å². The zero-order chi connectivity index (χ0) is 20.3. The number of urea groups is 1. The molecule has 29 heavy (non-hydrogen) atoms. The fourth-order valence-corrected chi connectivity index (χ4v) is 4.08. The fraction of sp³-hybridized carbons (Fsp3) is 0.381. The molecular weight excluding hydrogens is 393 g/mol. The van der Waals surface area contributed by atoms with Gasteiger partial charge in [0.2, 0.25) is 0 Å². The highest BCUT2D eigenvalue weighted by atomic mass is 32.2. The van der Waals surface area contributed by atoms with E-state index in [1.165, 1.54) is 4.90 Å². The average molecular weight is 420 g/mol. The van der Waals surface area contributed by atoms with Crippen LogP contribution in [0.3, 0.4) is 0 Å². The Balaban J connectivity index is 0.00000300. The minimum Gasteiger partial charge on any atom is -0.331 e. The standard InChI is InChI=1S/C20H22FN3O3S.CH4/c1-23(2)20(25)24-12-11-17(22-28(26)27)18(24)13-15-9-6-10-16(19(15)21)14-7-4-3-5-8-14;/h3-10,17-18H,11-13H2,1-2H3;1H4/t17-,18-;/m0./s1. The zero-order valence-corrected chi connectivity index (χ0v) is 16.6. The monoisotopic (exact) mass is 419 g/mol. The Morgan fingerprint density at radius 1 is 1.17 bits per heavy atom. The first-order valence-corrected chi connectivity index (χ1v) is 10.0. The van der Waals surface area contributed by atoms with Gasteiger partial charge in [0.15, 0.2) is 0 Å². The van der Waals surface area contributed by atoms with Gasteiger partial charge in [-0.3, -0.25) is 0 Å². The van der Waals surface area contributed by atoms with E-state index in [-0.39, 0.29) is 25.7 Å². The second-order valence-electron chi connectivity index (χ2n) is 6.97. The van der Waals surface area contributed by atoms with Crippen molar-refractivity contribution in [2.24, 2.45) is 4.36 Å². The van der Waals surface area contributed by atoms with Crippen LogP contribution in [0.2, 0.25) is 0 Å². The first-order chi connectivity index (χ1) is 13.4. The number of likely N-dealkylation sites (tertiary alicyclic amines) is 1. The Hall–Kier alpha value is -2.74. The summed E-state index contributed by atoms with van der Waals surface area (Å²) in [5.74, 6) is -0.361. The van der Waals surface area contributed by atoms with E-state index in [1.807, 2.05) is 30.3 Å². The van der Waals surface area contributed by atoms with Crippen molar-refractivity contribution in [3.05, 3.63) is 59.9 Å². The van der Waals surface area contributed by atoms with Crippen LogP contribution in [0, 0.1) is 5.82 Å². The van der Waals surface area contributed by atoms with Gasteiger partial charge in [0.25, 0.3) is 0 Å². The van der Waals surface area contributed by atoms with Crippen LogP contribution >= 0.6 is 0 Å². The minimum atomic E-state index is -2.58. The summed E-state index contributed by atoms with van der Waals surface area (Å²) >= 11 is 0. The van der Waals surface area contributed by atoms with Crippen molar-refractivity contribution >= 4 is 16.5 Å². The van der Waals surface area contributed by atoms with E-state index in [4.69, 9.17) is 0 Å². The highest BCUT2D eigenvalue weighted by Crippen LogP contribution is 2.30. The molecule has 2 atom stereocenters. The molecule has 0 spiro atoms. The highest BCUT2D eigenvalue weighted by molar-refractivity contribution is 7.61. The molecule has 0 unspecified atom stereocenters. The lowest BCUT2D eigenvalue weighted by Crippen LogP contribution is -2.45. The van der Waals surface area contributed by atoms with E-state index >= 15 is 4.39 Å². The van der Waals surface area contributed by atoms with Gasteiger partial charge < -0.3 is 9.80 Å². The number of carbonyl (C=O) groups is 1. The first-order valence-electron chi connectivity index (χ1n) is 8.99. The molecule has 8 heteroatoms. The van der Waals surface area contributed by atoms with Crippen molar-refractivity contribution in [2.75, 3.05) is 20.6 Å². The lowest BCUT2D eigenvalue weighted by atomic mass is 9.96. The van der Waals surface area contributed by atoms with Gasteiger partial charge in [0.1, 0.15) is 5.82 Å². The molecule has 2 aromatic carbocycles. The van der Waals surface area contributed by atoms with Crippen LogP contribution in [0.15, 0.2) is 52.9 Å². The normalized spacial score (nSPS) is 18.1. The van der Waals surface area contributed by atoms with Crippen molar-refractivity contribution < 1.29 is 17.6 Å². The van der Waals surface area contributed by atoms with E-state index in [1.54, 1.807) is 37.2 Å². The maximum Gasteiger partial charge on any atom is 0.319 e. The fourth-order valence-electron chi connectivity index (χ4n) is 3.61. The summed E-state index contributed by atoms with van der Waals surface area (Å²) in [4.78, 5) is 15.5. The Kier molecular flexibility index (Phi) is 7.50. The predicted molar refractivity (Wildman–Crippen MR) is 112 cm³/mol. The number of halogens is 1. The Morgan fingerprint density at radius 2 is 1.86 bits per heavy atom. The molecule has 0 saturated carbocycles. The van der Waals surface area contributed by atoms with E-state index in [0.717, 1.165) is 5.56 Å². The largest absolute Gasteiger partial charge is 0.331 e. The molecule has 3 rings (SSSR count). The summed E-state index contributed by atoms with van der Waals surface area (Å²) in [7, 11) is 0.680. The maximum absolute atomic E-state index is 15.2. The van der Waals surface area contributed by atoms with Crippen molar-refractivity contribution in [1.29, 1.82) is 0 Å². The molecule has 156 valence electrons. The van der Waals surface area contributed by atoms with Gasteiger partial charge in [0, 0.05) is 26.2 Å². The number of amides is 2. The summed E-state index contributed by atoms with van der Waals surface area (Å²) in [6.45, 7) is 0.382. The topological polar surface area (TPSA) is 70.1 Å². The van der Waals surface area contributed by atoms with Crippen LogP contribution in [-0.2, 0) is 16.9 Å². The Labute approximate surface area is 172 Å². The number of carbonyl (C=O) groups excluding carboxylic acids is 1. The third-order valence-electron chi connectivity index (χ3n) is 4.95. The summed E-state index contributed by atoms with van der Waals surface area (Å²) in [5, 5.41) is 0. The lowest BCUT2D eigenvalue weighted by Gasteiger charge is -2.29. The molecule has 1 saturated heterocycles. The predicted octanol–water partition coefficient (Wildman–Crippen LogP) is 3.86. The van der Waals surface area contributed by atoms with E-state index < -0.39 is 22.6 Å². The van der Waals surface area contributed by atoms with Crippen molar-refractivity contribution in [1.82, 2.24) is 9.80 Å². The molecule has 0 radical (unpaired) electrons. The van der Waals surface area contributed by atoms with Crippen molar-refractivity contribution in [3.8, 4) is 11.1 Å². The van der Waals surface area contributed by atoms with Gasteiger partial charge in [-0.05, 0) is 24.0 Å². The molecule has 1 heterocycles. The van der Waals surface area contributed by atoms with E-state index in [0.29, 0.717) is 24.1 Å². The molecule has 0 bridgehead atoms. The Morgan fingerprint density at radius 3 is 2.48 bits per heavy atom. The van der Waals surface area contributed by atoms with Crippen LogP contribution in [-0.4, -0.2) is 57.0 Å². The number of nitrogens with zero attached hydrogens (tertiary/aromatic N) is 3. The third kappa shape index (κ3) is 5.00. The second kappa shape index (κ2) is 9.65. The van der Waals surface area contributed by atoms with Crippen LogP contribution in [0.5, 0.6) is 0 Å². The van der Waals surface area contributed by atoms with Crippen LogP contribution in [0.25, 0.3) is 11.1 Å². The van der Waals surface area contributed by atoms with Gasteiger partial charge in [-0.25, -0.2) is 9.18 Å². The number of benzene rings is 2. The number of rotatable bonds is 4. The maximum atomic E-state index is 15.2. The molecule has 1 aliphatic rings. The second-order valence-corrected chi connectivity index (χ2v) is 7.61. The Bertz CT molecular complexity index is 985. The number of hydrogen-bond donors (Lipinski definition) is 0. The molecule has 2 amide bonds. The van der Waals surface area contributed by atoms with Gasteiger partial charge >= 0.3 is 16.5 Å². The third-order valence-corrected chi connectivity index (χ3v) is 5.40. The summed E-state index contributed by atoms with van der Waals surface area (Å²) in [6.07, 6.45) is 0.621. The van der Waals surface area contributed by atoms with Crippen molar-refractivity contribution in [3.63, 3.8) is 0 Å². The SMILES string of the molecule is C.CN(C)C(=O)N1CC[C@H](N=S(=O)=O)[C@@H]1Cc1cccc(-c2ccccc2)c1F. The molecule has 6 nitrogen and oxygen atoms in total. The van der Waals surface area contributed by atoms with Crippen LogP contribution < -0.4 is 0 Å². The summed E-state index contributed by atoms with van der Waals surface area (Å²) in [6, 6.07) is 13.0. The minimum absolute atomic E-state index is 0. The van der Waals surface area contributed by atoms with Gasteiger partial charge in [0.05, 0.1) is 12.1 Å². The smallest absolute Gasteiger partial charge is 0.319 e. The lowest BCUT2D eigenvalue weighted by molar-refractivity contribution is 0.163. The number of hydrogen-bond acceptors (Lipinski definition) is 4. The highest BCUT2D eigenvalue weighted by Gasteiger charge is 2.38. The summed E-state index contributed by atoms with van der Waals surface area (Å²) < 4.78 is 41.2. The quantitative estimate of drug-likeness (QED) is 0.756. The van der Waals surface area contributed by atoms with Gasteiger partial charge in [-0.15, -0.1) is 0 Å². The van der Waals surface area contributed by atoms with E-state index in [2.05, 4.69) is 4.36 Å². The molecule has 0 aliphatic carbocycles. The molecule has 1 aliphatic heterocycles. The van der Waals surface area contributed by atoms with E-state index in [9.17, 15) is 13.2 Å². The van der Waals surface area contributed by atoms with Gasteiger partial charge in [-0.2, -0.15) is 12.8 Å². The summed E-state index contributed by atoms with van der Waals surface area (Å²) in [5.41, 5.74) is 1.67. The molecule has 2 aromatic rings. The van der Waals surface area contributed by atoms with Crippen LogP contribution in [0.1, 0.15) is 19.4 Å². The molecule has 1 fully saturated rings. The molecular formula is C21H26FN3O3S. The van der Waals surface area contributed by atoms with Crippen molar-refractivity contribution in [2.45, 2.75) is 32.4 Å². The zero-order valence-electron chi connectivity index (χ0n) is 15.7. The molecule has 0 N–H and O–H groups in total.